The van der Waals surface area contributed by atoms with Crippen LogP contribution in [0.15, 0.2) is 32.5 Å². The maximum atomic E-state index is 13.0. The van der Waals surface area contributed by atoms with E-state index in [2.05, 4.69) is 21.9 Å². The van der Waals surface area contributed by atoms with E-state index in [-0.39, 0.29) is 17.6 Å². The molecule has 0 aliphatic carbocycles. The summed E-state index contributed by atoms with van der Waals surface area (Å²) in [5.74, 6) is -0.133. The monoisotopic (exact) mass is 419 g/mol. The number of ether oxygens (including phenoxy) is 1. The minimum absolute atomic E-state index is 0.235. The van der Waals surface area contributed by atoms with Crippen LogP contribution in [0.2, 0.25) is 0 Å². The first-order valence-corrected chi connectivity index (χ1v) is 11.3. The van der Waals surface area contributed by atoms with Crippen molar-refractivity contribution in [2.24, 2.45) is 10.9 Å². The number of nitrogens with zero attached hydrogens (tertiary/aromatic N) is 2. The van der Waals surface area contributed by atoms with Gasteiger partial charge < -0.3 is 9.72 Å². The zero-order valence-corrected chi connectivity index (χ0v) is 18.2. The smallest absolute Gasteiger partial charge is 0.315 e. The molecule has 1 N–H and O–H groups in total. The van der Waals surface area contributed by atoms with Gasteiger partial charge in [0, 0.05) is 22.3 Å². The van der Waals surface area contributed by atoms with Gasteiger partial charge in [-0.25, -0.2) is 9.98 Å². The minimum Gasteiger partial charge on any atom is -0.462 e. The fraction of sp³-hybridized carbons (Fsp3) is 0.500. The lowest BCUT2D eigenvalue weighted by molar-refractivity contribution is -0.150. The summed E-state index contributed by atoms with van der Waals surface area (Å²) in [7, 11) is 0. The number of rotatable bonds is 7. The van der Waals surface area contributed by atoms with Crippen LogP contribution in [-0.2, 0) is 9.53 Å². The molecule has 0 fully saturated rings. The Balaban J connectivity index is 2.07. The summed E-state index contributed by atoms with van der Waals surface area (Å²) in [6.45, 7) is 7.56. The van der Waals surface area contributed by atoms with Gasteiger partial charge in [-0.1, -0.05) is 31.2 Å². The first kappa shape index (κ1) is 20.8. The average molecular weight is 420 g/mol. The van der Waals surface area contributed by atoms with Crippen molar-refractivity contribution in [2.75, 3.05) is 5.75 Å². The van der Waals surface area contributed by atoms with Crippen LogP contribution in [0.25, 0.3) is 0 Å². The summed E-state index contributed by atoms with van der Waals surface area (Å²) in [6, 6.07) is 3.86. The molecule has 1 aliphatic heterocycles. The quantitative estimate of drug-likeness (QED) is 0.308. The van der Waals surface area contributed by atoms with Gasteiger partial charge in [-0.2, -0.15) is 0 Å². The molecule has 150 valence electrons. The predicted molar refractivity (Wildman–Crippen MR) is 114 cm³/mol. The van der Waals surface area contributed by atoms with Gasteiger partial charge in [0.15, 0.2) is 11.0 Å². The number of fused-ring (bicyclic) bond motifs is 1. The molecule has 2 aromatic rings. The number of unbranched alkanes of at least 4 members (excludes halogenated alkanes) is 1. The van der Waals surface area contributed by atoms with Gasteiger partial charge in [-0.3, -0.25) is 9.59 Å². The van der Waals surface area contributed by atoms with E-state index in [4.69, 9.17) is 4.74 Å². The second kappa shape index (κ2) is 9.05. The molecule has 0 amide bonds. The van der Waals surface area contributed by atoms with Crippen molar-refractivity contribution >= 4 is 40.6 Å². The molecule has 0 bridgehead atoms. The Morgan fingerprint density at radius 2 is 2.21 bits per heavy atom. The van der Waals surface area contributed by atoms with Crippen molar-refractivity contribution in [3.63, 3.8) is 0 Å². The number of aliphatic imine (C=N–C) groups is 1. The number of H-pyrrole nitrogens is 1. The van der Waals surface area contributed by atoms with E-state index >= 15 is 0 Å². The van der Waals surface area contributed by atoms with E-state index < -0.39 is 11.8 Å². The molecule has 0 spiro atoms. The fourth-order valence-electron chi connectivity index (χ4n) is 3.23. The van der Waals surface area contributed by atoms with Gasteiger partial charge >= 0.3 is 5.97 Å². The van der Waals surface area contributed by atoms with Gasteiger partial charge in [0.05, 0.1) is 11.7 Å². The van der Waals surface area contributed by atoms with Crippen LogP contribution in [0.4, 0.5) is 5.82 Å². The number of hydrogen-bond donors (Lipinski definition) is 1. The molecule has 0 saturated heterocycles. The normalized spacial score (nSPS) is 18.7. The van der Waals surface area contributed by atoms with Crippen molar-refractivity contribution < 1.29 is 9.53 Å². The van der Waals surface area contributed by atoms with Crippen LogP contribution < -0.4 is 5.56 Å². The molecule has 2 aromatic heterocycles. The van der Waals surface area contributed by atoms with E-state index in [0.717, 1.165) is 23.5 Å². The topological polar surface area (TPSA) is 84.4 Å². The molecule has 2 atom stereocenters. The molecule has 6 nitrogen and oxygen atoms in total. The van der Waals surface area contributed by atoms with Gasteiger partial charge in [-0.15, -0.1) is 11.3 Å². The maximum Gasteiger partial charge on any atom is 0.315 e. The number of hydrogen-bond acceptors (Lipinski definition) is 7. The molecule has 3 heterocycles. The fourth-order valence-corrected chi connectivity index (χ4v) is 5.04. The molecular weight excluding hydrogens is 394 g/mol. The Bertz CT molecular complexity index is 919. The SMILES string of the molecule is CCCCSc1nc2c(c(=O)[nH]1)C(c1cccs1)C(C(=O)OC(C)C)C(C)=N2. The van der Waals surface area contributed by atoms with Crippen molar-refractivity contribution in [1.82, 2.24) is 9.97 Å². The van der Waals surface area contributed by atoms with Crippen molar-refractivity contribution in [3.8, 4) is 0 Å². The van der Waals surface area contributed by atoms with Crippen LogP contribution in [0.1, 0.15) is 56.9 Å². The van der Waals surface area contributed by atoms with Crippen molar-refractivity contribution in [3.05, 3.63) is 38.3 Å². The molecular formula is C20H25N3O3S2. The summed E-state index contributed by atoms with van der Waals surface area (Å²) >= 11 is 3.04. The number of thiophene rings is 1. The van der Waals surface area contributed by atoms with Gasteiger partial charge in [0.1, 0.15) is 5.92 Å². The van der Waals surface area contributed by atoms with Gasteiger partial charge in [-0.05, 0) is 38.6 Å². The molecule has 3 rings (SSSR count). The summed E-state index contributed by atoms with van der Waals surface area (Å²) < 4.78 is 5.48. The summed E-state index contributed by atoms with van der Waals surface area (Å²) in [6.07, 6.45) is 1.90. The number of aromatic amines is 1. The Hall–Kier alpha value is -1.93. The maximum absolute atomic E-state index is 13.0. The largest absolute Gasteiger partial charge is 0.462 e. The Morgan fingerprint density at radius 1 is 1.43 bits per heavy atom. The first-order chi connectivity index (χ1) is 13.4. The van der Waals surface area contributed by atoms with Crippen LogP contribution in [0.5, 0.6) is 0 Å². The third-order valence-electron chi connectivity index (χ3n) is 4.48. The van der Waals surface area contributed by atoms with Crippen molar-refractivity contribution in [2.45, 2.75) is 57.7 Å². The molecule has 0 saturated carbocycles. The number of esters is 1. The van der Waals surface area contributed by atoms with Crippen LogP contribution in [0, 0.1) is 5.92 Å². The van der Waals surface area contributed by atoms with Crippen LogP contribution in [0.3, 0.4) is 0 Å². The van der Waals surface area contributed by atoms with Crippen molar-refractivity contribution in [1.29, 1.82) is 0 Å². The molecule has 2 unspecified atom stereocenters. The molecule has 0 radical (unpaired) electrons. The van der Waals surface area contributed by atoms with Crippen LogP contribution in [-0.4, -0.2) is 33.5 Å². The average Bonchev–Trinajstić information content (AvgIpc) is 3.14. The molecule has 0 aromatic carbocycles. The van der Waals surface area contributed by atoms with E-state index in [9.17, 15) is 9.59 Å². The van der Waals surface area contributed by atoms with E-state index in [1.54, 1.807) is 0 Å². The Kier molecular flexibility index (Phi) is 6.72. The highest BCUT2D eigenvalue weighted by atomic mass is 32.2. The third kappa shape index (κ3) is 4.38. The standard InChI is InChI=1S/C20H25N3O3S2/c1-5-6-9-28-20-22-17-16(18(24)23-20)15(13-8-7-10-27-13)14(12(4)21-17)19(25)26-11(2)3/h7-8,10-11,14-15H,5-6,9H2,1-4H3,(H,22,23,24). The van der Waals surface area contributed by atoms with Gasteiger partial charge in [0.2, 0.25) is 0 Å². The zero-order valence-electron chi connectivity index (χ0n) is 16.5. The number of aromatic nitrogens is 2. The van der Waals surface area contributed by atoms with Gasteiger partial charge in [0.25, 0.3) is 5.56 Å². The summed E-state index contributed by atoms with van der Waals surface area (Å²) in [5, 5.41) is 2.51. The van der Waals surface area contributed by atoms with E-state index in [0.29, 0.717) is 22.2 Å². The summed E-state index contributed by atoms with van der Waals surface area (Å²) in [4.78, 5) is 38.8. The number of nitrogens with one attached hydrogen (secondary N) is 1. The number of carbonyl (C=O) groups is 1. The number of thioether (sulfide) groups is 1. The van der Waals surface area contributed by atoms with E-state index in [1.807, 2.05) is 38.3 Å². The first-order valence-electron chi connectivity index (χ1n) is 9.48. The highest BCUT2D eigenvalue weighted by Gasteiger charge is 2.41. The molecule has 8 heteroatoms. The summed E-state index contributed by atoms with van der Waals surface area (Å²) in [5.41, 5.74) is 0.832. The predicted octanol–water partition coefficient (Wildman–Crippen LogP) is 4.53. The lowest BCUT2D eigenvalue weighted by Gasteiger charge is -2.29. The zero-order chi connectivity index (χ0) is 20.3. The van der Waals surface area contributed by atoms with Crippen LogP contribution >= 0.6 is 23.1 Å². The Morgan fingerprint density at radius 3 is 2.86 bits per heavy atom. The number of carbonyl (C=O) groups excluding carboxylic acids is 1. The lowest BCUT2D eigenvalue weighted by atomic mass is 9.80. The second-order valence-corrected chi connectivity index (χ2v) is 9.08. The van der Waals surface area contributed by atoms with E-state index in [1.165, 1.54) is 23.1 Å². The second-order valence-electron chi connectivity index (χ2n) is 7.02. The Labute approximate surface area is 172 Å². The molecule has 1 aliphatic rings. The highest BCUT2D eigenvalue weighted by Crippen LogP contribution is 2.42. The lowest BCUT2D eigenvalue weighted by Crippen LogP contribution is -2.37. The minimum atomic E-state index is -0.630. The molecule has 28 heavy (non-hydrogen) atoms. The highest BCUT2D eigenvalue weighted by molar-refractivity contribution is 7.99. The third-order valence-corrected chi connectivity index (χ3v) is 6.40.